The van der Waals surface area contributed by atoms with Gasteiger partial charge in [0.05, 0.1) is 6.07 Å². The van der Waals surface area contributed by atoms with Crippen LogP contribution in [0.25, 0.3) is 0 Å². The van der Waals surface area contributed by atoms with Crippen molar-refractivity contribution >= 4 is 42.1 Å². The van der Waals surface area contributed by atoms with Gasteiger partial charge in [-0.05, 0) is 12.1 Å². The van der Waals surface area contributed by atoms with Crippen LogP contribution < -0.4 is 0 Å². The highest BCUT2D eigenvalue weighted by atomic mass is 35.7. The van der Waals surface area contributed by atoms with E-state index in [0.717, 1.165) is 0 Å². The fourth-order valence-electron chi connectivity index (χ4n) is 0.674. The van der Waals surface area contributed by atoms with E-state index in [-0.39, 0.29) is 0 Å². The third kappa shape index (κ3) is 2.73. The minimum Gasteiger partial charge on any atom is -0.594 e. The monoisotopic (exact) mass is 242 g/mol. The Balaban J connectivity index is 2.96. The van der Waals surface area contributed by atoms with Gasteiger partial charge >= 0.3 is 0 Å². The Morgan fingerprint density at radius 2 is 1.42 bits per heavy atom. The Morgan fingerprint density at radius 1 is 1.00 bits per heavy atom. The van der Waals surface area contributed by atoms with Gasteiger partial charge in [-0.1, -0.05) is 6.07 Å². The summed E-state index contributed by atoms with van der Waals surface area (Å²) in [4.78, 5) is 0.811. The van der Waals surface area contributed by atoms with Crippen molar-refractivity contribution in [3.63, 3.8) is 0 Å². The maximum atomic E-state index is 10.8. The number of benzene rings is 1. The topological polar surface area (TPSA) is 46.1 Å². The first-order valence-corrected chi connectivity index (χ1v) is 6.82. The van der Waals surface area contributed by atoms with E-state index in [1.807, 2.05) is 0 Å². The van der Waals surface area contributed by atoms with Gasteiger partial charge in [0.15, 0.2) is 31.2 Å². The minimum atomic E-state index is -1.58. The summed E-state index contributed by atoms with van der Waals surface area (Å²) in [5.74, 6) is 0. The van der Waals surface area contributed by atoms with E-state index in [4.69, 9.17) is 21.4 Å². The third-order valence-electron chi connectivity index (χ3n) is 1.18. The third-order valence-corrected chi connectivity index (χ3v) is 3.49. The van der Waals surface area contributed by atoms with E-state index in [1.165, 1.54) is 6.07 Å². The molecule has 0 N–H and O–H groups in total. The Kier molecular flexibility index (Phi) is 4.02. The molecule has 2 unspecified atom stereocenters. The summed E-state index contributed by atoms with van der Waals surface area (Å²) >= 11 is 0. The van der Waals surface area contributed by atoms with Crippen molar-refractivity contribution < 1.29 is 9.11 Å². The van der Waals surface area contributed by atoms with Gasteiger partial charge in [0.2, 0.25) is 0 Å². The van der Waals surface area contributed by atoms with Crippen LogP contribution in [-0.4, -0.2) is 9.11 Å². The molecule has 1 rings (SSSR count). The molecule has 2 atom stereocenters. The largest absolute Gasteiger partial charge is 0.594 e. The van der Waals surface area contributed by atoms with Gasteiger partial charge in [-0.2, -0.15) is 0 Å². The maximum absolute atomic E-state index is 10.8. The van der Waals surface area contributed by atoms with Crippen molar-refractivity contribution in [2.75, 3.05) is 0 Å². The lowest BCUT2D eigenvalue weighted by atomic mass is 10.4. The molecule has 0 saturated heterocycles. The molecule has 0 fully saturated rings. The summed E-state index contributed by atoms with van der Waals surface area (Å²) in [6.45, 7) is 0. The highest BCUT2D eigenvalue weighted by Gasteiger charge is 2.14. The van der Waals surface area contributed by atoms with Crippen LogP contribution >= 0.6 is 21.4 Å². The van der Waals surface area contributed by atoms with Gasteiger partial charge in [-0.3, -0.25) is 0 Å². The number of hydrogen-bond donors (Lipinski definition) is 0. The summed E-state index contributed by atoms with van der Waals surface area (Å²) in [6, 6.07) is 6.21. The van der Waals surface area contributed by atoms with Crippen LogP contribution in [0.15, 0.2) is 34.1 Å². The van der Waals surface area contributed by atoms with Gasteiger partial charge in [0, 0.05) is 0 Å². The lowest BCUT2D eigenvalue weighted by Crippen LogP contribution is -1.95. The highest BCUT2D eigenvalue weighted by molar-refractivity contribution is 8.14. The lowest BCUT2D eigenvalue weighted by Gasteiger charge is -2.01. The molecule has 0 heterocycles. The van der Waals surface area contributed by atoms with E-state index in [9.17, 15) is 9.11 Å². The Bertz CT molecular complexity index is 244. The van der Waals surface area contributed by atoms with Gasteiger partial charge in [-0.25, -0.2) is 0 Å². The zero-order valence-corrected chi connectivity index (χ0v) is 8.84. The standard InChI is InChI=1S/C6H4Cl2O2S2/c7-11(9)5-2-1-3-6(4-5)12(8)10/h1-4H. The first-order chi connectivity index (χ1) is 5.61. The van der Waals surface area contributed by atoms with Crippen molar-refractivity contribution in [2.24, 2.45) is 0 Å². The first kappa shape index (κ1) is 10.5. The number of rotatable bonds is 2. The van der Waals surface area contributed by atoms with Crippen molar-refractivity contribution in [2.45, 2.75) is 9.79 Å². The molecule has 0 aliphatic carbocycles. The van der Waals surface area contributed by atoms with Crippen LogP contribution in [0, 0.1) is 0 Å². The van der Waals surface area contributed by atoms with E-state index in [2.05, 4.69) is 0 Å². The molecule has 0 spiro atoms. The molecule has 0 aliphatic rings. The quantitative estimate of drug-likeness (QED) is 0.747. The van der Waals surface area contributed by atoms with Crippen LogP contribution in [-0.2, 0) is 20.8 Å². The summed E-state index contributed by atoms with van der Waals surface area (Å²) in [7, 11) is 7.47. The molecule has 0 aliphatic heterocycles. The minimum absolute atomic E-state index is 0.406. The van der Waals surface area contributed by atoms with Crippen molar-refractivity contribution in [1.82, 2.24) is 0 Å². The summed E-state index contributed by atoms with van der Waals surface area (Å²) in [5, 5.41) is 0. The number of hydrogen-bond acceptors (Lipinski definition) is 2. The Hall–Kier alpha value is 0.420. The highest BCUT2D eigenvalue weighted by Crippen LogP contribution is 2.21. The molecule has 0 aromatic heterocycles. The van der Waals surface area contributed by atoms with E-state index in [1.54, 1.807) is 18.2 Å². The SMILES string of the molecule is [O-][S+](Cl)c1cccc([S+]([O-])Cl)c1. The number of halogens is 2. The van der Waals surface area contributed by atoms with Crippen LogP contribution in [0.2, 0.25) is 0 Å². The molecular formula is C6H4Cl2O2S2. The molecular weight excluding hydrogens is 239 g/mol. The van der Waals surface area contributed by atoms with Crippen molar-refractivity contribution in [3.05, 3.63) is 24.3 Å². The van der Waals surface area contributed by atoms with Crippen LogP contribution in [0.3, 0.4) is 0 Å². The molecule has 0 amide bonds. The van der Waals surface area contributed by atoms with Crippen LogP contribution in [0.5, 0.6) is 0 Å². The Morgan fingerprint density at radius 3 is 1.75 bits per heavy atom. The van der Waals surface area contributed by atoms with Gasteiger partial charge in [0.25, 0.3) is 0 Å². The lowest BCUT2D eigenvalue weighted by molar-refractivity contribution is 0.606. The second kappa shape index (κ2) is 4.60. The van der Waals surface area contributed by atoms with E-state index in [0.29, 0.717) is 9.79 Å². The van der Waals surface area contributed by atoms with Crippen LogP contribution in [0.4, 0.5) is 0 Å². The molecule has 66 valence electrons. The van der Waals surface area contributed by atoms with E-state index < -0.39 is 20.8 Å². The average molecular weight is 243 g/mol. The van der Waals surface area contributed by atoms with Crippen molar-refractivity contribution in [1.29, 1.82) is 0 Å². The smallest absolute Gasteiger partial charge is 0.181 e. The zero-order chi connectivity index (χ0) is 9.14. The predicted molar refractivity (Wildman–Crippen MR) is 51.0 cm³/mol. The molecule has 2 nitrogen and oxygen atoms in total. The molecule has 6 heteroatoms. The molecule has 12 heavy (non-hydrogen) atoms. The molecule has 0 bridgehead atoms. The Labute approximate surface area is 85.2 Å². The summed E-state index contributed by atoms with van der Waals surface area (Å²) in [6.07, 6.45) is 0. The predicted octanol–water partition coefficient (Wildman–Crippen LogP) is 2.21. The van der Waals surface area contributed by atoms with Gasteiger partial charge < -0.3 is 9.11 Å². The second-order valence-corrected chi connectivity index (χ2v) is 5.44. The van der Waals surface area contributed by atoms with Crippen molar-refractivity contribution in [3.8, 4) is 0 Å². The molecule has 1 aromatic carbocycles. The van der Waals surface area contributed by atoms with E-state index >= 15 is 0 Å². The van der Waals surface area contributed by atoms with Crippen LogP contribution in [0.1, 0.15) is 0 Å². The fraction of sp³-hybridized carbons (Fsp3) is 0. The zero-order valence-electron chi connectivity index (χ0n) is 5.70. The normalized spacial score (nSPS) is 15.7. The van der Waals surface area contributed by atoms with Gasteiger partial charge in [-0.15, -0.1) is 0 Å². The second-order valence-electron chi connectivity index (χ2n) is 1.92. The average Bonchev–Trinajstić information content (AvgIpc) is 2.04. The molecule has 1 aromatic rings. The molecule has 0 saturated carbocycles. The maximum Gasteiger partial charge on any atom is 0.181 e. The fourth-order valence-corrected chi connectivity index (χ4v) is 2.13. The first-order valence-electron chi connectivity index (χ1n) is 2.87. The summed E-state index contributed by atoms with van der Waals surface area (Å²) < 4.78 is 21.5. The summed E-state index contributed by atoms with van der Waals surface area (Å²) in [5.41, 5.74) is 0. The molecule has 0 radical (unpaired) electrons. The van der Waals surface area contributed by atoms with Gasteiger partial charge in [0.1, 0.15) is 20.8 Å².